The Labute approximate surface area is 158 Å². The molecule has 4 bridgehead atoms. The van der Waals surface area contributed by atoms with Crippen molar-refractivity contribution in [3.05, 3.63) is 29.8 Å². The van der Waals surface area contributed by atoms with Crippen molar-refractivity contribution < 1.29 is 14.0 Å². The van der Waals surface area contributed by atoms with Gasteiger partial charge in [0.15, 0.2) is 0 Å². The molecule has 142 valence electrons. The molecular formula is C23H34NO2+. The highest BCUT2D eigenvalue weighted by molar-refractivity contribution is 5.34. The number of benzene rings is 1. The second-order valence-electron chi connectivity index (χ2n) is 9.97. The number of hydrogen-bond acceptors (Lipinski definition) is 2. The highest BCUT2D eigenvalue weighted by atomic mass is 16.5. The van der Waals surface area contributed by atoms with Crippen molar-refractivity contribution in [1.82, 2.24) is 0 Å². The van der Waals surface area contributed by atoms with Crippen LogP contribution >= 0.6 is 0 Å². The molecule has 6 rings (SSSR count). The summed E-state index contributed by atoms with van der Waals surface area (Å²) in [6, 6.07) is 9.22. The Kier molecular flexibility index (Phi) is 4.28. The van der Waals surface area contributed by atoms with E-state index >= 15 is 0 Å². The van der Waals surface area contributed by atoms with Crippen molar-refractivity contribution >= 4 is 0 Å². The fraction of sp³-hybridized carbons (Fsp3) is 0.739. The van der Waals surface area contributed by atoms with Gasteiger partial charge < -0.3 is 14.0 Å². The van der Waals surface area contributed by atoms with Crippen LogP contribution in [0.5, 0.6) is 5.75 Å². The molecule has 1 aromatic carbocycles. The number of likely N-dealkylation sites (N-methyl/N-ethyl adjacent to an activating group) is 1. The minimum absolute atomic E-state index is 0.500. The van der Waals surface area contributed by atoms with Crippen molar-refractivity contribution in [3.63, 3.8) is 0 Å². The van der Waals surface area contributed by atoms with E-state index in [0.29, 0.717) is 5.41 Å². The quantitative estimate of drug-likeness (QED) is 0.742. The summed E-state index contributed by atoms with van der Waals surface area (Å²) in [4.78, 5) is 0. The number of hydrogen-bond donors (Lipinski definition) is 0. The lowest BCUT2D eigenvalue weighted by Gasteiger charge is -2.57. The second kappa shape index (κ2) is 6.53. The van der Waals surface area contributed by atoms with Gasteiger partial charge in [-0.1, -0.05) is 12.1 Å². The summed E-state index contributed by atoms with van der Waals surface area (Å²) in [5.74, 6) is 4.07. The molecular weight excluding hydrogens is 322 g/mol. The Bertz CT molecular complexity index is 597. The molecule has 0 aromatic heterocycles. The molecule has 0 radical (unpaired) electrons. The molecule has 3 nitrogen and oxygen atoms in total. The normalized spacial score (nSPS) is 37.7. The largest absolute Gasteiger partial charge is 0.488 e. The third kappa shape index (κ3) is 3.18. The predicted molar refractivity (Wildman–Crippen MR) is 103 cm³/mol. The molecule has 3 heteroatoms. The molecule has 0 spiro atoms. The summed E-state index contributed by atoms with van der Waals surface area (Å²) in [6.45, 7) is 5.85. The standard InChI is InChI=1S/C23H34NO2/c1-24(6-9-25-10-7-24)8-11-26-22-4-2-21(3-5-22)23-15-18-12-19(16-23)14-20(13-18)17-23/h2-5,18-20H,6-17H2,1H3/q+1. The molecule has 1 saturated heterocycles. The van der Waals surface area contributed by atoms with Gasteiger partial charge in [0.25, 0.3) is 0 Å². The first-order valence-electron chi connectivity index (χ1n) is 10.8. The van der Waals surface area contributed by atoms with Gasteiger partial charge in [-0.15, -0.1) is 0 Å². The number of nitrogens with zero attached hydrogens (tertiary/aromatic N) is 1. The zero-order valence-electron chi connectivity index (χ0n) is 16.3. The highest BCUT2D eigenvalue weighted by Crippen LogP contribution is 2.60. The van der Waals surface area contributed by atoms with Gasteiger partial charge in [-0.3, -0.25) is 0 Å². The van der Waals surface area contributed by atoms with Crippen molar-refractivity contribution in [2.45, 2.75) is 43.9 Å². The maximum atomic E-state index is 6.09. The summed E-state index contributed by atoms with van der Waals surface area (Å²) >= 11 is 0. The van der Waals surface area contributed by atoms with Crippen LogP contribution in [-0.4, -0.2) is 51.0 Å². The lowest BCUT2D eigenvalue weighted by Crippen LogP contribution is -2.53. The maximum Gasteiger partial charge on any atom is 0.137 e. The van der Waals surface area contributed by atoms with Crippen LogP contribution in [-0.2, 0) is 10.2 Å². The van der Waals surface area contributed by atoms with E-state index < -0.39 is 0 Å². The topological polar surface area (TPSA) is 18.5 Å². The molecule has 0 N–H and O–H groups in total. The maximum absolute atomic E-state index is 6.09. The Morgan fingerprint density at radius 1 is 0.962 bits per heavy atom. The van der Waals surface area contributed by atoms with Gasteiger partial charge in [-0.25, -0.2) is 0 Å². The summed E-state index contributed by atoms with van der Waals surface area (Å²) < 4.78 is 12.7. The smallest absolute Gasteiger partial charge is 0.137 e. The fourth-order valence-corrected chi connectivity index (χ4v) is 6.76. The molecule has 5 aliphatic rings. The van der Waals surface area contributed by atoms with Crippen LogP contribution in [0.25, 0.3) is 0 Å². The number of rotatable bonds is 5. The lowest BCUT2D eigenvalue weighted by atomic mass is 9.48. The Morgan fingerprint density at radius 2 is 1.54 bits per heavy atom. The second-order valence-corrected chi connectivity index (χ2v) is 9.97. The SMILES string of the molecule is C[N+]1(CCOc2ccc(C34CC5CC(CC(C5)C3)C4)cc2)CCOCC1. The first-order valence-corrected chi connectivity index (χ1v) is 10.8. The third-order valence-electron chi connectivity index (χ3n) is 7.96. The van der Waals surface area contributed by atoms with Crippen LogP contribution < -0.4 is 4.74 Å². The molecule has 1 heterocycles. The van der Waals surface area contributed by atoms with Crippen LogP contribution in [0.4, 0.5) is 0 Å². The van der Waals surface area contributed by atoms with E-state index in [0.717, 1.165) is 67.4 Å². The number of ether oxygens (including phenoxy) is 2. The van der Waals surface area contributed by atoms with Gasteiger partial charge in [0.1, 0.15) is 32.0 Å². The Hall–Kier alpha value is -1.06. The van der Waals surface area contributed by atoms with E-state index in [2.05, 4.69) is 31.3 Å². The van der Waals surface area contributed by atoms with Gasteiger partial charge in [-0.2, -0.15) is 0 Å². The minimum atomic E-state index is 0.500. The molecule has 0 atom stereocenters. The van der Waals surface area contributed by atoms with E-state index in [1.54, 1.807) is 5.56 Å². The predicted octanol–water partition coefficient (Wildman–Crippen LogP) is 4.01. The molecule has 0 unspecified atom stereocenters. The van der Waals surface area contributed by atoms with Gasteiger partial charge in [0.05, 0.1) is 20.3 Å². The van der Waals surface area contributed by atoms with E-state index in [1.165, 1.54) is 38.5 Å². The molecule has 4 aliphatic carbocycles. The van der Waals surface area contributed by atoms with Crippen LogP contribution in [0, 0.1) is 17.8 Å². The summed E-state index contributed by atoms with van der Waals surface area (Å²) in [6.07, 6.45) is 8.87. The highest BCUT2D eigenvalue weighted by Gasteiger charge is 2.51. The van der Waals surface area contributed by atoms with Crippen molar-refractivity contribution in [1.29, 1.82) is 0 Å². The zero-order chi connectivity index (χ0) is 17.6. The van der Waals surface area contributed by atoms with Crippen molar-refractivity contribution in [2.24, 2.45) is 17.8 Å². The Balaban J connectivity index is 1.21. The molecule has 1 aromatic rings. The van der Waals surface area contributed by atoms with E-state index in [4.69, 9.17) is 9.47 Å². The van der Waals surface area contributed by atoms with Crippen molar-refractivity contribution in [3.8, 4) is 5.75 Å². The van der Waals surface area contributed by atoms with Crippen molar-refractivity contribution in [2.75, 3.05) is 46.5 Å². The van der Waals surface area contributed by atoms with E-state index in [-0.39, 0.29) is 0 Å². The molecule has 1 aliphatic heterocycles. The third-order valence-corrected chi connectivity index (χ3v) is 7.96. The summed E-state index contributed by atoms with van der Waals surface area (Å²) in [5.41, 5.74) is 2.09. The minimum Gasteiger partial charge on any atom is -0.488 e. The van der Waals surface area contributed by atoms with Crippen LogP contribution in [0.3, 0.4) is 0 Å². The lowest BCUT2D eigenvalue weighted by molar-refractivity contribution is -0.916. The fourth-order valence-electron chi connectivity index (χ4n) is 6.76. The first-order chi connectivity index (χ1) is 12.6. The average Bonchev–Trinajstić information content (AvgIpc) is 2.61. The van der Waals surface area contributed by atoms with Gasteiger partial charge in [-0.05, 0) is 79.4 Å². The van der Waals surface area contributed by atoms with Crippen LogP contribution in [0.1, 0.15) is 44.1 Å². The number of quaternary nitrogens is 1. The summed E-state index contributed by atoms with van der Waals surface area (Å²) in [7, 11) is 2.32. The monoisotopic (exact) mass is 356 g/mol. The van der Waals surface area contributed by atoms with Crippen LogP contribution in [0.15, 0.2) is 24.3 Å². The Morgan fingerprint density at radius 3 is 2.12 bits per heavy atom. The van der Waals surface area contributed by atoms with E-state index in [9.17, 15) is 0 Å². The van der Waals surface area contributed by atoms with E-state index in [1.807, 2.05) is 0 Å². The molecule has 5 fully saturated rings. The van der Waals surface area contributed by atoms with Crippen LogP contribution in [0.2, 0.25) is 0 Å². The molecule has 0 amide bonds. The number of morpholine rings is 1. The summed E-state index contributed by atoms with van der Waals surface area (Å²) in [5, 5.41) is 0. The van der Waals surface area contributed by atoms with Gasteiger partial charge in [0.2, 0.25) is 0 Å². The van der Waals surface area contributed by atoms with Gasteiger partial charge >= 0.3 is 0 Å². The van der Waals surface area contributed by atoms with Gasteiger partial charge in [0, 0.05) is 0 Å². The zero-order valence-corrected chi connectivity index (χ0v) is 16.3. The molecule has 26 heavy (non-hydrogen) atoms. The average molecular weight is 357 g/mol. The first kappa shape index (κ1) is 17.1. The molecule has 4 saturated carbocycles.